The summed E-state index contributed by atoms with van der Waals surface area (Å²) in [7, 11) is 0. The first kappa shape index (κ1) is 49.2. The van der Waals surface area contributed by atoms with E-state index in [9.17, 15) is 19.2 Å². The molecule has 2 aromatic carbocycles. The van der Waals surface area contributed by atoms with Crippen LogP contribution < -0.4 is 27.0 Å². The SMILES string of the molecule is N[C@@H](CCC(=O)NCCOCCOCCn1cnc2cc(C(=O)Nc3nnc(-c4ccco4)s3)ccc21)C(=O)NCCOCCOCCn1cnc2cc(C(=O)Nc3nnc(-c4ccco4)s3)ccc21. The number of nitrogens with two attached hydrogens (primary N) is 1. The Morgan fingerprint density at radius 3 is 1.59 bits per heavy atom. The van der Waals surface area contributed by atoms with E-state index in [1.54, 1.807) is 73.7 Å². The lowest BCUT2D eigenvalue weighted by Crippen LogP contribution is -2.42. The number of ether oxygens (including phenoxy) is 4. The molecule has 70 heavy (non-hydrogen) atoms. The van der Waals surface area contributed by atoms with Crippen molar-refractivity contribution >= 4 is 78.6 Å². The monoisotopic (exact) mass is 995 g/mol. The second-order valence-electron chi connectivity index (χ2n) is 15.2. The van der Waals surface area contributed by atoms with Crippen LogP contribution in [0, 0.1) is 0 Å². The number of hydrogen-bond acceptors (Lipinski definition) is 19. The molecule has 0 aliphatic carbocycles. The molecule has 0 fully saturated rings. The van der Waals surface area contributed by atoms with Crippen LogP contribution in [0.1, 0.15) is 33.6 Å². The first-order valence-electron chi connectivity index (χ1n) is 22.2. The van der Waals surface area contributed by atoms with E-state index in [1.807, 2.05) is 21.3 Å². The van der Waals surface area contributed by atoms with Gasteiger partial charge in [0.1, 0.15) is 0 Å². The normalized spacial score (nSPS) is 11.8. The van der Waals surface area contributed by atoms with Crippen molar-refractivity contribution in [3.8, 4) is 21.5 Å². The minimum absolute atomic E-state index is 0.0924. The van der Waals surface area contributed by atoms with Crippen LogP contribution in [0.15, 0.2) is 94.7 Å². The summed E-state index contributed by atoms with van der Waals surface area (Å²) in [5.74, 6) is -0.0897. The number of aromatic nitrogens is 8. The van der Waals surface area contributed by atoms with Crippen LogP contribution in [0.5, 0.6) is 0 Å². The van der Waals surface area contributed by atoms with Crippen LogP contribution in [0.3, 0.4) is 0 Å². The van der Waals surface area contributed by atoms with Gasteiger partial charge in [0.15, 0.2) is 21.5 Å². The van der Waals surface area contributed by atoms with Gasteiger partial charge in [-0.05, 0) is 67.1 Å². The fraction of sp³-hybridized carbons (Fsp3) is 0.333. The fourth-order valence-electron chi connectivity index (χ4n) is 6.77. The molecule has 0 radical (unpaired) electrons. The van der Waals surface area contributed by atoms with E-state index in [2.05, 4.69) is 51.6 Å². The molecule has 23 nitrogen and oxygen atoms in total. The number of fused-ring (bicyclic) bond motifs is 2. The van der Waals surface area contributed by atoms with Crippen LogP contribution in [0.25, 0.3) is 43.6 Å². The standard InChI is InChI=1S/C45H49N13O10S2/c46-31(41(62)48-12-18-64-22-24-66-20-14-58-28-50-33-26-30(6-9-35(33)58)40(61)52-45-56-54-43(70-45)37-4-2-16-68-37)7-10-38(59)47-11-17-63-21-23-65-19-13-57-27-49-32-25-29(5-8-34(32)57)39(60)51-44-55-53-42(69-44)36-3-1-15-67-36/h1-6,8-9,15-16,25-28,31H,7,10-14,17-24,46H2,(H,47,59)(H,48,62)(H,51,55,60)(H,52,56,61)/t31-/m0/s1. The Morgan fingerprint density at radius 2 is 1.10 bits per heavy atom. The lowest BCUT2D eigenvalue weighted by molar-refractivity contribution is -0.123. The topological polar surface area (TPSA) is 293 Å². The molecule has 6 heterocycles. The van der Waals surface area contributed by atoms with Crippen molar-refractivity contribution < 1.29 is 47.0 Å². The zero-order valence-corrected chi connectivity index (χ0v) is 39.2. The highest BCUT2D eigenvalue weighted by atomic mass is 32.1. The summed E-state index contributed by atoms with van der Waals surface area (Å²) >= 11 is 2.43. The molecular formula is C45H49N13O10S2. The summed E-state index contributed by atoms with van der Waals surface area (Å²) in [6, 6.07) is 16.8. The Bertz CT molecular complexity index is 2950. The van der Waals surface area contributed by atoms with Gasteiger partial charge in [0.25, 0.3) is 11.8 Å². The molecule has 8 rings (SSSR count). The lowest BCUT2D eigenvalue weighted by Gasteiger charge is -2.13. The molecule has 0 bridgehead atoms. The quantitative estimate of drug-likeness (QED) is 0.0429. The van der Waals surface area contributed by atoms with Gasteiger partial charge in [-0.15, -0.1) is 20.4 Å². The molecule has 0 unspecified atom stereocenters. The van der Waals surface area contributed by atoms with Crippen LogP contribution in [0.2, 0.25) is 0 Å². The molecule has 0 saturated carbocycles. The van der Waals surface area contributed by atoms with Crippen LogP contribution >= 0.6 is 22.7 Å². The Morgan fingerprint density at radius 1 is 0.614 bits per heavy atom. The maximum absolute atomic E-state index is 12.8. The first-order valence-corrected chi connectivity index (χ1v) is 23.8. The average molecular weight is 996 g/mol. The van der Waals surface area contributed by atoms with Gasteiger partial charge < -0.3 is 53.3 Å². The van der Waals surface area contributed by atoms with E-state index in [-0.39, 0.29) is 49.6 Å². The molecule has 8 aromatic rings. The number of rotatable bonds is 28. The Balaban J connectivity index is 0.599. The molecule has 0 saturated heterocycles. The van der Waals surface area contributed by atoms with Crippen molar-refractivity contribution in [2.75, 3.05) is 76.6 Å². The number of nitrogens with zero attached hydrogens (tertiary/aromatic N) is 8. The number of carbonyl (C=O) groups is 4. The molecule has 25 heteroatoms. The van der Waals surface area contributed by atoms with Crippen LogP contribution in [-0.4, -0.2) is 135 Å². The number of hydrogen-bond donors (Lipinski definition) is 5. The lowest BCUT2D eigenvalue weighted by atomic mass is 10.1. The molecule has 1 atom stereocenters. The third-order valence-corrected chi connectivity index (χ3v) is 12.1. The number of amides is 4. The van der Waals surface area contributed by atoms with Crippen molar-refractivity contribution in [3.05, 3.63) is 97.0 Å². The minimum Gasteiger partial charge on any atom is -0.462 e. The van der Waals surface area contributed by atoms with Gasteiger partial charge in [0, 0.05) is 43.7 Å². The highest BCUT2D eigenvalue weighted by Crippen LogP contribution is 2.28. The van der Waals surface area contributed by atoms with Crippen molar-refractivity contribution in [2.45, 2.75) is 32.0 Å². The Kier molecular flexibility index (Phi) is 17.5. The van der Waals surface area contributed by atoms with Gasteiger partial charge >= 0.3 is 0 Å². The predicted octanol–water partition coefficient (Wildman–Crippen LogP) is 4.22. The van der Waals surface area contributed by atoms with Crippen molar-refractivity contribution in [2.24, 2.45) is 5.73 Å². The van der Waals surface area contributed by atoms with Crippen molar-refractivity contribution in [1.82, 2.24) is 50.1 Å². The predicted molar refractivity (Wildman–Crippen MR) is 257 cm³/mol. The van der Waals surface area contributed by atoms with Crippen molar-refractivity contribution in [1.29, 1.82) is 0 Å². The van der Waals surface area contributed by atoms with Gasteiger partial charge in [0.2, 0.25) is 22.1 Å². The van der Waals surface area contributed by atoms with E-state index < -0.39 is 6.04 Å². The van der Waals surface area contributed by atoms with E-state index >= 15 is 0 Å². The number of anilines is 2. The molecule has 0 aliphatic rings. The van der Waals surface area contributed by atoms with Gasteiger partial charge in [0.05, 0.1) is 106 Å². The average Bonchev–Trinajstić information content (AvgIpc) is 4.24. The highest BCUT2D eigenvalue weighted by Gasteiger charge is 2.18. The number of imidazole rings is 2. The van der Waals surface area contributed by atoms with Gasteiger partial charge in [-0.2, -0.15) is 0 Å². The van der Waals surface area contributed by atoms with Crippen LogP contribution in [0.4, 0.5) is 10.3 Å². The zero-order valence-electron chi connectivity index (χ0n) is 37.6. The molecule has 366 valence electrons. The number of benzene rings is 2. The van der Waals surface area contributed by atoms with Gasteiger partial charge in [-0.3, -0.25) is 29.8 Å². The number of furan rings is 2. The molecule has 0 spiro atoms. The maximum atomic E-state index is 12.8. The summed E-state index contributed by atoms with van der Waals surface area (Å²) in [6.45, 7) is 4.47. The smallest absolute Gasteiger partial charge is 0.257 e. The second-order valence-corrected chi connectivity index (χ2v) is 17.2. The van der Waals surface area contributed by atoms with E-state index in [1.165, 1.54) is 22.7 Å². The Labute approximate surface area is 407 Å². The zero-order chi connectivity index (χ0) is 48.5. The van der Waals surface area contributed by atoms with Gasteiger partial charge in [-0.25, -0.2) is 9.97 Å². The first-order chi connectivity index (χ1) is 34.3. The number of carbonyl (C=O) groups excluding carboxylic acids is 4. The summed E-state index contributed by atoms with van der Waals surface area (Å²) in [4.78, 5) is 59.3. The third-order valence-electron chi connectivity index (χ3n) is 10.4. The molecule has 6 N–H and O–H groups in total. The molecule has 0 aliphatic heterocycles. The molecule has 4 amide bonds. The molecule has 6 aromatic heterocycles. The van der Waals surface area contributed by atoms with Crippen molar-refractivity contribution in [3.63, 3.8) is 0 Å². The summed E-state index contributed by atoms with van der Waals surface area (Å²) in [5.41, 5.74) is 9.93. The molecular weight excluding hydrogens is 947 g/mol. The third kappa shape index (κ3) is 13.7. The number of nitrogens with one attached hydrogen (secondary N) is 4. The van der Waals surface area contributed by atoms with E-state index in [0.717, 1.165) is 11.0 Å². The van der Waals surface area contributed by atoms with E-state index in [0.29, 0.717) is 120 Å². The summed E-state index contributed by atoms with van der Waals surface area (Å²) in [5, 5.41) is 29.0. The van der Waals surface area contributed by atoms with E-state index in [4.69, 9.17) is 33.5 Å². The second kappa shape index (κ2) is 24.9. The Hall–Kier alpha value is -7.26. The largest absolute Gasteiger partial charge is 0.462 e. The fourth-order valence-corrected chi connectivity index (χ4v) is 8.18. The van der Waals surface area contributed by atoms with Crippen LogP contribution in [-0.2, 0) is 41.6 Å². The minimum atomic E-state index is -0.840. The van der Waals surface area contributed by atoms with Gasteiger partial charge in [-0.1, -0.05) is 22.7 Å². The highest BCUT2D eigenvalue weighted by molar-refractivity contribution is 7.18. The maximum Gasteiger partial charge on any atom is 0.257 e. The summed E-state index contributed by atoms with van der Waals surface area (Å²) in [6.07, 6.45) is 6.77. The summed E-state index contributed by atoms with van der Waals surface area (Å²) < 4.78 is 37.1.